The number of hydrogen-bond acceptors (Lipinski definition) is 3. The third-order valence-corrected chi connectivity index (χ3v) is 4.04. The van der Waals surface area contributed by atoms with E-state index in [9.17, 15) is 0 Å². The van der Waals surface area contributed by atoms with E-state index in [1.807, 2.05) is 79.2 Å². The summed E-state index contributed by atoms with van der Waals surface area (Å²) in [5.41, 5.74) is 4.96. The molecule has 0 saturated heterocycles. The van der Waals surface area contributed by atoms with Gasteiger partial charge in [0.05, 0.1) is 11.4 Å². The van der Waals surface area contributed by atoms with Gasteiger partial charge in [-0.05, 0) is 19.9 Å². The number of benzene rings is 2. The van der Waals surface area contributed by atoms with Crippen LogP contribution in [0.25, 0.3) is 28.5 Å². The predicted octanol–water partition coefficient (Wildman–Crippen LogP) is 4.61. The van der Waals surface area contributed by atoms with E-state index in [2.05, 4.69) is 17.2 Å². The number of rotatable bonds is 3. The highest BCUT2D eigenvalue weighted by Gasteiger charge is 2.12. The smallest absolute Gasteiger partial charge is 0.162 e. The number of hydrogen-bond donors (Lipinski definition) is 0. The van der Waals surface area contributed by atoms with Gasteiger partial charge >= 0.3 is 0 Å². The molecule has 2 aromatic carbocycles. The molecule has 122 valence electrons. The van der Waals surface area contributed by atoms with E-state index in [0.717, 1.165) is 34.0 Å². The molecule has 0 fully saturated rings. The predicted molar refractivity (Wildman–Crippen MR) is 99.5 cm³/mol. The lowest BCUT2D eigenvalue weighted by molar-refractivity contribution is 0.803. The Morgan fingerprint density at radius 2 is 1.36 bits per heavy atom. The first-order valence-electron chi connectivity index (χ1n) is 8.24. The minimum Gasteiger partial charge on any atom is -0.228 e. The Bertz CT molecular complexity index is 947. The average Bonchev–Trinajstić information content (AvgIpc) is 3.01. The lowest BCUT2D eigenvalue weighted by Gasteiger charge is -2.10. The summed E-state index contributed by atoms with van der Waals surface area (Å²) in [6.07, 6.45) is 0. The van der Waals surface area contributed by atoms with Crippen molar-refractivity contribution in [1.29, 1.82) is 0 Å². The van der Waals surface area contributed by atoms with Crippen LogP contribution >= 0.6 is 0 Å². The molecule has 0 atom stereocenters. The highest BCUT2D eigenvalue weighted by molar-refractivity contribution is 5.65. The Morgan fingerprint density at radius 3 is 1.96 bits per heavy atom. The minimum absolute atomic E-state index is 0.699. The maximum atomic E-state index is 4.78. The van der Waals surface area contributed by atoms with Gasteiger partial charge < -0.3 is 0 Å². The molecule has 0 spiro atoms. The fraction of sp³-hybridized carbons (Fsp3) is 0.0952. The summed E-state index contributed by atoms with van der Waals surface area (Å²) in [5.74, 6) is 1.47. The lowest BCUT2D eigenvalue weighted by atomic mass is 10.1. The molecule has 2 heterocycles. The SMILES string of the molecule is Cc1cc(C)n(-c2cc(-c3ccccc3)nc(-c3ccccc3)n2)n1. The number of aryl methyl sites for hydroxylation is 2. The van der Waals surface area contributed by atoms with E-state index in [0.29, 0.717) is 5.82 Å². The van der Waals surface area contributed by atoms with E-state index in [1.54, 1.807) is 0 Å². The lowest BCUT2D eigenvalue weighted by Crippen LogP contribution is -2.05. The normalized spacial score (nSPS) is 10.8. The number of aromatic nitrogens is 4. The van der Waals surface area contributed by atoms with Crippen LogP contribution in [0.1, 0.15) is 11.4 Å². The first-order chi connectivity index (χ1) is 12.2. The second kappa shape index (κ2) is 6.32. The number of nitrogens with zero attached hydrogens (tertiary/aromatic N) is 4. The molecule has 0 aliphatic carbocycles. The molecule has 4 rings (SSSR count). The van der Waals surface area contributed by atoms with Gasteiger partial charge in [0.25, 0.3) is 0 Å². The fourth-order valence-electron chi connectivity index (χ4n) is 2.88. The molecule has 4 heteroatoms. The monoisotopic (exact) mass is 326 g/mol. The molecule has 0 bridgehead atoms. The van der Waals surface area contributed by atoms with Gasteiger partial charge in [-0.3, -0.25) is 0 Å². The highest BCUT2D eigenvalue weighted by atomic mass is 15.3. The Balaban J connectivity index is 1.94. The van der Waals surface area contributed by atoms with Gasteiger partial charge in [-0.25, -0.2) is 14.6 Å². The van der Waals surface area contributed by atoms with Crippen molar-refractivity contribution < 1.29 is 0 Å². The van der Waals surface area contributed by atoms with Crippen molar-refractivity contribution >= 4 is 0 Å². The quantitative estimate of drug-likeness (QED) is 0.552. The molecule has 0 aliphatic rings. The van der Waals surface area contributed by atoms with E-state index >= 15 is 0 Å². The van der Waals surface area contributed by atoms with Crippen LogP contribution in [0.2, 0.25) is 0 Å². The Morgan fingerprint density at radius 1 is 0.720 bits per heavy atom. The molecule has 0 amide bonds. The second-order valence-corrected chi connectivity index (χ2v) is 6.01. The van der Waals surface area contributed by atoms with E-state index < -0.39 is 0 Å². The zero-order chi connectivity index (χ0) is 17.2. The van der Waals surface area contributed by atoms with Crippen molar-refractivity contribution in [1.82, 2.24) is 19.7 Å². The molecule has 0 saturated carbocycles. The Labute approximate surface area is 146 Å². The van der Waals surface area contributed by atoms with E-state index in [1.165, 1.54) is 0 Å². The molecule has 2 aromatic heterocycles. The molecular formula is C21H18N4. The van der Waals surface area contributed by atoms with Crippen LogP contribution in [0.3, 0.4) is 0 Å². The largest absolute Gasteiger partial charge is 0.228 e. The zero-order valence-electron chi connectivity index (χ0n) is 14.2. The second-order valence-electron chi connectivity index (χ2n) is 6.01. The van der Waals surface area contributed by atoms with Crippen molar-refractivity contribution in [3.63, 3.8) is 0 Å². The van der Waals surface area contributed by atoms with Gasteiger partial charge in [0, 0.05) is 22.9 Å². The van der Waals surface area contributed by atoms with E-state index in [4.69, 9.17) is 9.97 Å². The summed E-state index contributed by atoms with van der Waals surface area (Å²) >= 11 is 0. The summed E-state index contributed by atoms with van der Waals surface area (Å²) < 4.78 is 1.87. The summed E-state index contributed by atoms with van der Waals surface area (Å²) in [6.45, 7) is 4.02. The Hall–Kier alpha value is -3.27. The standard InChI is InChI=1S/C21H18N4/c1-15-13-16(2)25(24-15)20-14-19(17-9-5-3-6-10-17)22-21(23-20)18-11-7-4-8-12-18/h3-14H,1-2H3. The van der Waals surface area contributed by atoms with Crippen LogP contribution in [0.5, 0.6) is 0 Å². The van der Waals surface area contributed by atoms with Crippen molar-refractivity contribution in [2.45, 2.75) is 13.8 Å². The van der Waals surface area contributed by atoms with Crippen molar-refractivity contribution in [3.05, 3.63) is 84.2 Å². The minimum atomic E-state index is 0.699. The van der Waals surface area contributed by atoms with Crippen LogP contribution < -0.4 is 0 Å². The molecule has 0 aliphatic heterocycles. The van der Waals surface area contributed by atoms with E-state index in [-0.39, 0.29) is 0 Å². The highest BCUT2D eigenvalue weighted by Crippen LogP contribution is 2.24. The van der Waals surface area contributed by atoms with Crippen LogP contribution in [0, 0.1) is 13.8 Å². The molecule has 25 heavy (non-hydrogen) atoms. The van der Waals surface area contributed by atoms with Gasteiger partial charge in [-0.15, -0.1) is 0 Å². The van der Waals surface area contributed by atoms with Crippen molar-refractivity contribution in [3.8, 4) is 28.5 Å². The van der Waals surface area contributed by atoms with Gasteiger partial charge in [-0.2, -0.15) is 5.10 Å². The third kappa shape index (κ3) is 3.06. The van der Waals surface area contributed by atoms with Gasteiger partial charge in [0.2, 0.25) is 0 Å². The first-order valence-corrected chi connectivity index (χ1v) is 8.24. The van der Waals surface area contributed by atoms with Gasteiger partial charge in [-0.1, -0.05) is 60.7 Å². The summed E-state index contributed by atoms with van der Waals surface area (Å²) in [7, 11) is 0. The zero-order valence-corrected chi connectivity index (χ0v) is 14.2. The van der Waals surface area contributed by atoms with Crippen molar-refractivity contribution in [2.75, 3.05) is 0 Å². The molecule has 4 nitrogen and oxygen atoms in total. The summed E-state index contributed by atoms with van der Waals surface area (Å²) in [6, 6.07) is 24.2. The topological polar surface area (TPSA) is 43.6 Å². The maximum absolute atomic E-state index is 4.78. The van der Waals surface area contributed by atoms with Crippen LogP contribution in [-0.2, 0) is 0 Å². The molecule has 0 N–H and O–H groups in total. The van der Waals surface area contributed by atoms with Crippen LogP contribution in [0.15, 0.2) is 72.8 Å². The first kappa shape index (κ1) is 15.3. The van der Waals surface area contributed by atoms with Gasteiger partial charge in [0.15, 0.2) is 11.6 Å². The Kier molecular flexibility index (Phi) is 3.86. The molecular weight excluding hydrogens is 308 g/mol. The molecule has 0 unspecified atom stereocenters. The maximum Gasteiger partial charge on any atom is 0.162 e. The average molecular weight is 326 g/mol. The fourth-order valence-corrected chi connectivity index (χ4v) is 2.88. The molecule has 4 aromatic rings. The third-order valence-electron chi connectivity index (χ3n) is 4.04. The van der Waals surface area contributed by atoms with Crippen LogP contribution in [-0.4, -0.2) is 19.7 Å². The van der Waals surface area contributed by atoms with Crippen molar-refractivity contribution in [2.24, 2.45) is 0 Å². The summed E-state index contributed by atoms with van der Waals surface area (Å²) in [4.78, 5) is 9.55. The van der Waals surface area contributed by atoms with Crippen LogP contribution in [0.4, 0.5) is 0 Å². The van der Waals surface area contributed by atoms with Gasteiger partial charge in [0.1, 0.15) is 0 Å². The summed E-state index contributed by atoms with van der Waals surface area (Å²) in [5, 5.41) is 4.58. The molecule has 0 radical (unpaired) electrons.